The zero-order valence-corrected chi connectivity index (χ0v) is 9.93. The zero-order chi connectivity index (χ0) is 12.8. The predicted octanol–water partition coefficient (Wildman–Crippen LogP) is -0.521. The third kappa shape index (κ3) is 1.70. The summed E-state index contributed by atoms with van der Waals surface area (Å²) in [6.45, 7) is 0. The summed E-state index contributed by atoms with van der Waals surface area (Å²) in [5.74, 6) is 0.803. The number of fused-ring (bicyclic) bond motifs is 1. The Bertz CT molecular complexity index is 742. The molecule has 0 saturated carbocycles. The van der Waals surface area contributed by atoms with Crippen molar-refractivity contribution in [2.75, 3.05) is 0 Å². The number of tetrazole rings is 1. The van der Waals surface area contributed by atoms with Gasteiger partial charge in [0.1, 0.15) is 5.52 Å². The Hall–Kier alpha value is -2.09. The number of aromatic nitrogens is 6. The topological polar surface area (TPSA) is 152 Å². The fraction of sp³-hybridized carbons (Fsp3) is 0. The van der Waals surface area contributed by atoms with E-state index >= 15 is 0 Å². The van der Waals surface area contributed by atoms with E-state index in [0.717, 1.165) is 0 Å². The Morgan fingerprint density at radius 2 is 2.06 bits per heavy atom. The number of para-hydroxylation sites is 1. The molecule has 0 aliphatic carbocycles. The van der Waals surface area contributed by atoms with Crippen molar-refractivity contribution in [1.29, 1.82) is 0 Å². The number of aromatic amines is 2. The van der Waals surface area contributed by atoms with Crippen LogP contribution in [-0.2, 0) is 4.57 Å². The van der Waals surface area contributed by atoms with Gasteiger partial charge >= 0.3 is 0 Å². The lowest BCUT2D eigenvalue weighted by Gasteiger charge is -2.05. The molecule has 1 aromatic carbocycles. The second-order valence-electron chi connectivity index (χ2n) is 3.72. The third-order valence-electron chi connectivity index (χ3n) is 2.44. The van der Waals surface area contributed by atoms with Gasteiger partial charge in [0.2, 0.25) is 13.3 Å². The molecule has 0 unspecified atom stereocenters. The number of hydrogen-bond acceptors (Lipinski definition) is 5. The van der Waals surface area contributed by atoms with Crippen LogP contribution in [0.2, 0.25) is 0 Å². The number of nitrogens with zero attached hydrogens (tertiary/aromatic N) is 4. The van der Waals surface area contributed by atoms with E-state index in [1.54, 1.807) is 18.2 Å². The van der Waals surface area contributed by atoms with E-state index in [9.17, 15) is 4.57 Å². The van der Waals surface area contributed by atoms with Crippen LogP contribution in [0.3, 0.4) is 0 Å². The molecule has 9 nitrogen and oxygen atoms in total. The van der Waals surface area contributed by atoms with Crippen molar-refractivity contribution in [1.82, 2.24) is 30.6 Å². The first-order valence-corrected chi connectivity index (χ1v) is 6.81. The molecule has 3 aromatic rings. The second kappa shape index (κ2) is 3.70. The van der Waals surface area contributed by atoms with Crippen LogP contribution in [0.25, 0.3) is 22.7 Å². The molecule has 0 amide bonds. The quantitative estimate of drug-likeness (QED) is 0.454. The predicted molar refractivity (Wildman–Crippen MR) is 64.9 cm³/mol. The number of hydrogen-bond donors (Lipinski definition) is 4. The zero-order valence-electron chi connectivity index (χ0n) is 9.03. The van der Waals surface area contributed by atoms with Crippen LogP contribution in [0, 0.1) is 0 Å². The van der Waals surface area contributed by atoms with E-state index in [1.165, 1.54) is 0 Å². The lowest BCUT2D eigenvalue weighted by atomic mass is 10.3. The maximum atomic E-state index is 11.8. The van der Waals surface area contributed by atoms with Gasteiger partial charge in [-0.15, -0.1) is 5.10 Å². The Morgan fingerprint density at radius 3 is 2.72 bits per heavy atom. The van der Waals surface area contributed by atoms with Gasteiger partial charge in [-0.25, -0.2) is 10.1 Å². The first kappa shape index (κ1) is 11.0. The summed E-state index contributed by atoms with van der Waals surface area (Å²) >= 11 is 0. The van der Waals surface area contributed by atoms with Gasteiger partial charge in [-0.2, -0.15) is 0 Å². The van der Waals surface area contributed by atoms with Gasteiger partial charge in [0.25, 0.3) is 0 Å². The van der Waals surface area contributed by atoms with E-state index in [4.69, 9.17) is 11.0 Å². The van der Waals surface area contributed by atoms with Gasteiger partial charge in [0, 0.05) is 0 Å². The van der Waals surface area contributed by atoms with Gasteiger partial charge < -0.3 is 4.98 Å². The van der Waals surface area contributed by atoms with Gasteiger partial charge in [-0.05, 0) is 22.6 Å². The molecule has 2 heterocycles. The molecule has 0 fully saturated rings. The van der Waals surface area contributed by atoms with E-state index in [2.05, 4.69) is 30.6 Å². The minimum atomic E-state index is -3.37. The molecule has 0 bridgehead atoms. The lowest BCUT2D eigenvalue weighted by Crippen LogP contribution is -2.19. The summed E-state index contributed by atoms with van der Waals surface area (Å²) in [5, 5.41) is 13.5. The highest BCUT2D eigenvalue weighted by atomic mass is 31.2. The molecule has 92 valence electrons. The van der Waals surface area contributed by atoms with Crippen LogP contribution in [0.4, 0.5) is 0 Å². The summed E-state index contributed by atoms with van der Waals surface area (Å²) in [7, 11) is -3.37. The van der Waals surface area contributed by atoms with Crippen molar-refractivity contribution in [3.63, 3.8) is 0 Å². The average molecular weight is 264 g/mol. The molecule has 2 aromatic heterocycles. The molecule has 0 aliphatic rings. The number of H-pyrrole nitrogens is 2. The Labute approximate surface area is 100 Å². The number of nitrogens with two attached hydrogens (primary N) is 2. The van der Waals surface area contributed by atoms with E-state index in [0.29, 0.717) is 28.0 Å². The SMILES string of the molecule is NP(N)(=O)c1cccc2[nH]c(-c3nnn[nH]3)nc12. The summed E-state index contributed by atoms with van der Waals surface area (Å²) in [6.07, 6.45) is 0. The van der Waals surface area contributed by atoms with Crippen LogP contribution in [0.5, 0.6) is 0 Å². The molecule has 10 heteroatoms. The van der Waals surface area contributed by atoms with Crippen LogP contribution in [0.15, 0.2) is 18.2 Å². The van der Waals surface area contributed by atoms with Crippen LogP contribution in [-0.4, -0.2) is 30.6 Å². The number of rotatable bonds is 2. The second-order valence-corrected chi connectivity index (χ2v) is 5.62. The maximum Gasteiger partial charge on any atom is 0.237 e. The van der Waals surface area contributed by atoms with Gasteiger partial charge in [-0.1, -0.05) is 6.07 Å². The molecule has 6 N–H and O–H groups in total. The third-order valence-corrected chi connectivity index (χ3v) is 3.55. The highest BCUT2D eigenvalue weighted by Gasteiger charge is 2.19. The largest absolute Gasteiger partial charge is 0.335 e. The van der Waals surface area contributed by atoms with Crippen molar-refractivity contribution in [3.8, 4) is 11.6 Å². The van der Waals surface area contributed by atoms with E-state index < -0.39 is 7.44 Å². The highest BCUT2D eigenvalue weighted by Crippen LogP contribution is 2.28. The molecule has 0 spiro atoms. The standard InChI is InChI=1S/C8H9N8OP/c9-18(10,17)5-3-1-2-4-6(5)12-7(11-4)8-13-15-16-14-8/h1-3H,(H,11,12)(H4,9,10,17)(H,13,14,15,16). The first-order chi connectivity index (χ1) is 8.55. The van der Waals surface area contributed by atoms with Crippen LogP contribution in [0.1, 0.15) is 0 Å². The molecule has 0 aliphatic heterocycles. The molecule has 18 heavy (non-hydrogen) atoms. The first-order valence-electron chi connectivity index (χ1n) is 4.96. The molecule has 0 atom stereocenters. The van der Waals surface area contributed by atoms with Gasteiger partial charge in [-0.3, -0.25) is 15.6 Å². The Morgan fingerprint density at radius 1 is 1.22 bits per heavy atom. The number of imidazole rings is 1. The lowest BCUT2D eigenvalue weighted by molar-refractivity contribution is 0.583. The molecule has 3 rings (SSSR count). The summed E-state index contributed by atoms with van der Waals surface area (Å²) in [6, 6.07) is 5.06. The van der Waals surface area contributed by atoms with Crippen molar-refractivity contribution in [3.05, 3.63) is 18.2 Å². The van der Waals surface area contributed by atoms with Crippen molar-refractivity contribution < 1.29 is 4.57 Å². The van der Waals surface area contributed by atoms with E-state index in [1.807, 2.05) is 0 Å². The minimum absolute atomic E-state index is 0.315. The monoisotopic (exact) mass is 264 g/mol. The molecular formula is C8H9N8OP. The van der Waals surface area contributed by atoms with Crippen LogP contribution < -0.4 is 16.3 Å². The van der Waals surface area contributed by atoms with E-state index in [-0.39, 0.29) is 0 Å². The number of benzene rings is 1. The van der Waals surface area contributed by atoms with Gasteiger partial charge in [0.05, 0.1) is 10.8 Å². The highest BCUT2D eigenvalue weighted by molar-refractivity contribution is 7.67. The summed E-state index contributed by atoms with van der Waals surface area (Å²) in [4.78, 5) is 7.25. The van der Waals surface area contributed by atoms with Crippen molar-refractivity contribution in [2.45, 2.75) is 0 Å². The van der Waals surface area contributed by atoms with Gasteiger partial charge in [0.15, 0.2) is 5.82 Å². The molecule has 0 radical (unpaired) electrons. The maximum absolute atomic E-state index is 11.8. The van der Waals surface area contributed by atoms with Crippen molar-refractivity contribution in [2.24, 2.45) is 11.0 Å². The molecular weight excluding hydrogens is 255 g/mol. The van der Waals surface area contributed by atoms with Crippen LogP contribution >= 0.6 is 7.44 Å². The fourth-order valence-electron chi connectivity index (χ4n) is 1.67. The minimum Gasteiger partial charge on any atom is -0.335 e. The summed E-state index contributed by atoms with van der Waals surface area (Å²) < 4.78 is 11.8. The average Bonchev–Trinajstić information content (AvgIpc) is 2.95. The summed E-state index contributed by atoms with van der Waals surface area (Å²) in [5.41, 5.74) is 12.1. The van der Waals surface area contributed by atoms with Crippen molar-refractivity contribution >= 4 is 23.8 Å². The Balaban J connectivity index is 2.27. The fourth-order valence-corrected chi connectivity index (χ4v) is 2.49. The number of nitrogens with one attached hydrogen (secondary N) is 2. The normalized spacial score (nSPS) is 12.1. The Kier molecular flexibility index (Phi) is 2.27. The molecule has 0 saturated heterocycles. The smallest absolute Gasteiger partial charge is 0.237 e.